The van der Waals surface area contributed by atoms with Crippen LogP contribution in [0.5, 0.6) is 5.75 Å². The molecular formula is C18H24N4O2S. The van der Waals surface area contributed by atoms with Crippen LogP contribution in [-0.2, 0) is 0 Å². The number of carbonyl (C=O) groups is 1. The van der Waals surface area contributed by atoms with Gasteiger partial charge in [0.2, 0.25) is 0 Å². The van der Waals surface area contributed by atoms with Crippen molar-refractivity contribution in [1.82, 2.24) is 15.2 Å². The maximum absolute atomic E-state index is 12.2. The van der Waals surface area contributed by atoms with E-state index in [1.165, 1.54) is 24.2 Å². The lowest BCUT2D eigenvalue weighted by molar-refractivity contribution is 0.0945. The molecule has 7 heteroatoms. The minimum Gasteiger partial charge on any atom is -0.494 e. The van der Waals surface area contributed by atoms with Crippen molar-refractivity contribution >= 4 is 28.1 Å². The fourth-order valence-corrected chi connectivity index (χ4v) is 3.50. The van der Waals surface area contributed by atoms with Crippen LogP contribution in [0.25, 0.3) is 0 Å². The van der Waals surface area contributed by atoms with Gasteiger partial charge >= 0.3 is 0 Å². The highest BCUT2D eigenvalue weighted by atomic mass is 32.1. The summed E-state index contributed by atoms with van der Waals surface area (Å²) in [6.45, 7) is 6.46. The van der Waals surface area contributed by atoms with Crippen molar-refractivity contribution in [2.75, 3.05) is 38.1 Å². The Morgan fingerprint density at radius 3 is 2.76 bits per heavy atom. The van der Waals surface area contributed by atoms with E-state index in [0.29, 0.717) is 24.0 Å². The number of thiazole rings is 1. The van der Waals surface area contributed by atoms with Crippen molar-refractivity contribution in [2.45, 2.75) is 19.8 Å². The van der Waals surface area contributed by atoms with E-state index in [4.69, 9.17) is 4.74 Å². The molecule has 0 unspecified atom stereocenters. The van der Waals surface area contributed by atoms with Gasteiger partial charge in [0.25, 0.3) is 5.91 Å². The van der Waals surface area contributed by atoms with Crippen molar-refractivity contribution < 1.29 is 9.53 Å². The van der Waals surface area contributed by atoms with E-state index in [-0.39, 0.29) is 5.91 Å². The van der Waals surface area contributed by atoms with E-state index in [0.717, 1.165) is 31.1 Å². The van der Waals surface area contributed by atoms with Gasteiger partial charge in [-0.25, -0.2) is 4.98 Å². The van der Waals surface area contributed by atoms with Gasteiger partial charge in [-0.1, -0.05) is 0 Å². The topological polar surface area (TPSA) is 66.5 Å². The lowest BCUT2D eigenvalue weighted by atomic mass is 10.3. The van der Waals surface area contributed by atoms with Crippen LogP contribution in [0.2, 0.25) is 0 Å². The molecule has 3 rings (SSSR count). The Bertz CT molecular complexity index is 681. The van der Waals surface area contributed by atoms with Crippen LogP contribution in [-0.4, -0.2) is 48.6 Å². The summed E-state index contributed by atoms with van der Waals surface area (Å²) < 4.78 is 5.42. The zero-order chi connectivity index (χ0) is 17.5. The van der Waals surface area contributed by atoms with Crippen LogP contribution >= 0.6 is 11.3 Å². The predicted octanol–water partition coefficient (Wildman–Crippen LogP) is 3.11. The first-order chi connectivity index (χ1) is 12.2. The highest BCUT2D eigenvalue weighted by Gasteiger charge is 2.13. The Hall–Kier alpha value is -2.12. The quantitative estimate of drug-likeness (QED) is 0.757. The molecule has 1 aliphatic heterocycles. The maximum Gasteiger partial charge on any atom is 0.270 e. The second-order valence-electron chi connectivity index (χ2n) is 5.92. The van der Waals surface area contributed by atoms with Gasteiger partial charge in [0, 0.05) is 24.2 Å². The first-order valence-corrected chi connectivity index (χ1v) is 9.58. The van der Waals surface area contributed by atoms with Crippen LogP contribution in [0.1, 0.15) is 30.3 Å². The summed E-state index contributed by atoms with van der Waals surface area (Å²) in [5.41, 5.74) is 1.37. The minimum atomic E-state index is -0.116. The third-order valence-electron chi connectivity index (χ3n) is 4.07. The predicted molar refractivity (Wildman–Crippen MR) is 101 cm³/mol. The SMILES string of the molecule is CCOc1ccc(Nc2nc(C(=O)NCCN3CCCC3)cs2)cc1. The number of anilines is 2. The number of hydrogen-bond acceptors (Lipinski definition) is 6. The molecule has 2 N–H and O–H groups in total. The number of ether oxygens (including phenoxy) is 1. The van der Waals surface area contributed by atoms with E-state index in [1.54, 1.807) is 5.38 Å². The number of likely N-dealkylation sites (tertiary alicyclic amines) is 1. The van der Waals surface area contributed by atoms with Crippen molar-refractivity contribution in [3.63, 3.8) is 0 Å². The molecular weight excluding hydrogens is 336 g/mol. The van der Waals surface area contributed by atoms with E-state index >= 15 is 0 Å². The van der Waals surface area contributed by atoms with Crippen LogP contribution in [0, 0.1) is 0 Å². The molecule has 0 atom stereocenters. The Balaban J connectivity index is 1.48. The number of carbonyl (C=O) groups excluding carboxylic acids is 1. The molecule has 0 saturated carbocycles. The zero-order valence-corrected chi connectivity index (χ0v) is 15.3. The second kappa shape index (κ2) is 8.82. The molecule has 1 saturated heterocycles. The number of aromatic nitrogens is 1. The van der Waals surface area contributed by atoms with Gasteiger partial charge in [0.05, 0.1) is 6.61 Å². The fraction of sp³-hybridized carbons (Fsp3) is 0.444. The molecule has 0 bridgehead atoms. The molecule has 1 aromatic heterocycles. The molecule has 134 valence electrons. The van der Waals surface area contributed by atoms with Gasteiger partial charge in [-0.15, -0.1) is 11.3 Å². The Morgan fingerprint density at radius 1 is 1.28 bits per heavy atom. The summed E-state index contributed by atoms with van der Waals surface area (Å²) in [6, 6.07) is 7.68. The van der Waals surface area contributed by atoms with Gasteiger partial charge < -0.3 is 20.3 Å². The van der Waals surface area contributed by atoms with E-state index in [2.05, 4.69) is 20.5 Å². The number of amides is 1. The lowest BCUT2D eigenvalue weighted by Gasteiger charge is -2.14. The number of benzene rings is 1. The van der Waals surface area contributed by atoms with Gasteiger partial charge in [0.1, 0.15) is 11.4 Å². The summed E-state index contributed by atoms with van der Waals surface area (Å²) in [6.07, 6.45) is 2.53. The first-order valence-electron chi connectivity index (χ1n) is 8.70. The summed E-state index contributed by atoms with van der Waals surface area (Å²) in [5, 5.41) is 8.64. The maximum atomic E-state index is 12.2. The monoisotopic (exact) mass is 360 g/mol. The number of rotatable bonds is 8. The van der Waals surface area contributed by atoms with Gasteiger partial charge in [-0.2, -0.15) is 0 Å². The van der Waals surface area contributed by atoms with Crippen LogP contribution < -0.4 is 15.4 Å². The van der Waals surface area contributed by atoms with Crippen LogP contribution in [0.4, 0.5) is 10.8 Å². The summed E-state index contributed by atoms with van der Waals surface area (Å²) in [7, 11) is 0. The summed E-state index contributed by atoms with van der Waals surface area (Å²) in [5.74, 6) is 0.723. The average molecular weight is 360 g/mol. The molecule has 1 amide bonds. The first kappa shape index (κ1) is 17.7. The molecule has 0 spiro atoms. The largest absolute Gasteiger partial charge is 0.494 e. The Kier molecular flexibility index (Phi) is 6.25. The van der Waals surface area contributed by atoms with Crippen LogP contribution in [0.3, 0.4) is 0 Å². The smallest absolute Gasteiger partial charge is 0.270 e. The molecule has 0 radical (unpaired) electrons. The highest BCUT2D eigenvalue weighted by molar-refractivity contribution is 7.14. The van der Waals surface area contributed by atoms with E-state index in [9.17, 15) is 4.79 Å². The van der Waals surface area contributed by atoms with Crippen molar-refractivity contribution in [2.24, 2.45) is 0 Å². The van der Waals surface area contributed by atoms with Gasteiger partial charge in [0.15, 0.2) is 5.13 Å². The van der Waals surface area contributed by atoms with Gasteiger partial charge in [-0.3, -0.25) is 4.79 Å². The molecule has 2 heterocycles. The molecule has 2 aromatic rings. The van der Waals surface area contributed by atoms with E-state index in [1.807, 2.05) is 31.2 Å². The minimum absolute atomic E-state index is 0.116. The lowest BCUT2D eigenvalue weighted by Crippen LogP contribution is -2.33. The fourth-order valence-electron chi connectivity index (χ4n) is 2.78. The third kappa shape index (κ3) is 5.17. The highest BCUT2D eigenvalue weighted by Crippen LogP contribution is 2.23. The average Bonchev–Trinajstić information content (AvgIpc) is 3.29. The molecule has 25 heavy (non-hydrogen) atoms. The molecule has 6 nitrogen and oxygen atoms in total. The van der Waals surface area contributed by atoms with Crippen molar-refractivity contribution in [1.29, 1.82) is 0 Å². The Morgan fingerprint density at radius 2 is 2.04 bits per heavy atom. The standard InChI is InChI=1S/C18H24N4O2S/c1-2-24-15-7-5-14(6-8-15)20-18-21-16(13-25-18)17(23)19-9-12-22-10-3-4-11-22/h5-8,13H,2-4,9-12H2,1H3,(H,19,23)(H,20,21). The summed E-state index contributed by atoms with van der Waals surface area (Å²) >= 11 is 1.42. The number of nitrogens with zero attached hydrogens (tertiary/aromatic N) is 2. The molecule has 1 aromatic carbocycles. The van der Waals surface area contributed by atoms with E-state index < -0.39 is 0 Å². The molecule has 0 aliphatic carbocycles. The van der Waals surface area contributed by atoms with Crippen LogP contribution in [0.15, 0.2) is 29.6 Å². The van der Waals surface area contributed by atoms with Crippen molar-refractivity contribution in [3.8, 4) is 5.75 Å². The normalized spacial score (nSPS) is 14.4. The number of nitrogens with one attached hydrogen (secondary N) is 2. The van der Waals surface area contributed by atoms with Gasteiger partial charge in [-0.05, 0) is 57.1 Å². The second-order valence-corrected chi connectivity index (χ2v) is 6.78. The third-order valence-corrected chi connectivity index (χ3v) is 4.82. The zero-order valence-electron chi connectivity index (χ0n) is 14.5. The summed E-state index contributed by atoms with van der Waals surface area (Å²) in [4.78, 5) is 18.9. The Labute approximate surface area is 152 Å². The molecule has 1 aliphatic rings. The van der Waals surface area contributed by atoms with Crippen molar-refractivity contribution in [3.05, 3.63) is 35.3 Å². The molecule has 1 fully saturated rings. The number of hydrogen-bond donors (Lipinski definition) is 2.